The summed E-state index contributed by atoms with van der Waals surface area (Å²) in [5, 5.41) is 8.86. The predicted molar refractivity (Wildman–Crippen MR) is 48.4 cm³/mol. The van der Waals surface area contributed by atoms with Crippen molar-refractivity contribution in [2.75, 3.05) is 12.3 Å². The van der Waals surface area contributed by atoms with Crippen LogP contribution in [0, 0.1) is 0 Å². The zero-order valence-corrected chi connectivity index (χ0v) is 7.01. The van der Waals surface area contributed by atoms with E-state index in [2.05, 4.69) is 0 Å². The van der Waals surface area contributed by atoms with Crippen LogP contribution in [0.3, 0.4) is 0 Å². The van der Waals surface area contributed by atoms with E-state index >= 15 is 0 Å². The van der Waals surface area contributed by atoms with Crippen LogP contribution >= 0.6 is 0 Å². The second-order valence-corrected chi connectivity index (χ2v) is 2.58. The first-order chi connectivity index (χ1) is 6.22. The van der Waals surface area contributed by atoms with Gasteiger partial charge >= 0.3 is 0 Å². The quantitative estimate of drug-likeness (QED) is 0.514. The van der Waals surface area contributed by atoms with Gasteiger partial charge in [-0.1, -0.05) is 0 Å². The molecule has 0 bridgehead atoms. The summed E-state index contributed by atoms with van der Waals surface area (Å²) >= 11 is 0. The lowest BCUT2D eigenvalue weighted by molar-refractivity contribution is -0.116. The van der Waals surface area contributed by atoms with E-state index in [9.17, 15) is 4.79 Å². The second-order valence-electron chi connectivity index (χ2n) is 2.58. The highest BCUT2D eigenvalue weighted by atomic mass is 16.5. The molecule has 3 N–H and O–H groups in total. The standard InChI is InChI=1S/C9H11NO3/c10-7-1-3-9(4-2-7)13-6-8(12)5-11/h1-5,8,12H,6,10H2. The van der Waals surface area contributed by atoms with Gasteiger partial charge in [0.25, 0.3) is 0 Å². The highest BCUT2D eigenvalue weighted by Crippen LogP contribution is 2.12. The van der Waals surface area contributed by atoms with E-state index in [0.717, 1.165) is 0 Å². The maximum atomic E-state index is 10.0. The van der Waals surface area contributed by atoms with Crippen molar-refractivity contribution in [3.8, 4) is 5.75 Å². The van der Waals surface area contributed by atoms with Gasteiger partial charge in [0.15, 0.2) is 6.29 Å². The minimum Gasteiger partial charge on any atom is -0.490 e. The predicted octanol–water partition coefficient (Wildman–Crippen LogP) is 0.207. The molecule has 0 spiro atoms. The lowest BCUT2D eigenvalue weighted by Crippen LogP contribution is -2.18. The molecule has 4 nitrogen and oxygen atoms in total. The molecular weight excluding hydrogens is 170 g/mol. The van der Waals surface area contributed by atoms with Crippen molar-refractivity contribution in [3.63, 3.8) is 0 Å². The molecule has 1 rings (SSSR count). The number of aliphatic hydroxyl groups is 1. The van der Waals surface area contributed by atoms with Gasteiger partial charge < -0.3 is 20.4 Å². The Bertz CT molecular complexity index is 271. The van der Waals surface area contributed by atoms with Gasteiger partial charge in [0.05, 0.1) is 0 Å². The summed E-state index contributed by atoms with van der Waals surface area (Å²) in [6, 6.07) is 6.71. The summed E-state index contributed by atoms with van der Waals surface area (Å²) in [6.07, 6.45) is -0.644. The first-order valence-electron chi connectivity index (χ1n) is 3.84. The molecule has 1 unspecified atom stereocenters. The fraction of sp³-hybridized carbons (Fsp3) is 0.222. The molecule has 0 aliphatic carbocycles. The SMILES string of the molecule is Nc1ccc(OCC(O)C=O)cc1. The molecular formula is C9H11NO3. The van der Waals surface area contributed by atoms with Crippen LogP contribution in [0.1, 0.15) is 0 Å². The first-order valence-corrected chi connectivity index (χ1v) is 3.84. The smallest absolute Gasteiger partial charge is 0.151 e. The Morgan fingerprint density at radius 3 is 2.62 bits per heavy atom. The van der Waals surface area contributed by atoms with Gasteiger partial charge in [-0.3, -0.25) is 0 Å². The van der Waals surface area contributed by atoms with Crippen molar-refractivity contribution in [2.45, 2.75) is 6.10 Å². The zero-order chi connectivity index (χ0) is 9.68. The number of carbonyl (C=O) groups excluding carboxylic acids is 1. The summed E-state index contributed by atoms with van der Waals surface area (Å²) in [7, 11) is 0. The fourth-order valence-electron chi connectivity index (χ4n) is 0.785. The topological polar surface area (TPSA) is 72.6 Å². The summed E-state index contributed by atoms with van der Waals surface area (Å²) in [6.45, 7) is -0.0343. The monoisotopic (exact) mass is 181 g/mol. The lowest BCUT2D eigenvalue weighted by Gasteiger charge is -2.06. The van der Waals surface area contributed by atoms with Crippen LogP contribution in [0.25, 0.3) is 0 Å². The number of nitrogen functional groups attached to an aromatic ring is 1. The Labute approximate surface area is 75.9 Å². The van der Waals surface area contributed by atoms with E-state index in [-0.39, 0.29) is 6.61 Å². The Morgan fingerprint density at radius 2 is 2.08 bits per heavy atom. The number of hydrogen-bond acceptors (Lipinski definition) is 4. The van der Waals surface area contributed by atoms with E-state index in [1.54, 1.807) is 24.3 Å². The normalized spacial score (nSPS) is 12.1. The maximum absolute atomic E-state index is 10.0. The van der Waals surface area contributed by atoms with Gasteiger partial charge in [-0.05, 0) is 24.3 Å². The van der Waals surface area contributed by atoms with Crippen molar-refractivity contribution in [3.05, 3.63) is 24.3 Å². The van der Waals surface area contributed by atoms with Crippen LogP contribution < -0.4 is 10.5 Å². The molecule has 1 atom stereocenters. The summed E-state index contributed by atoms with van der Waals surface area (Å²) in [5.74, 6) is 0.579. The highest BCUT2D eigenvalue weighted by Gasteiger charge is 2.01. The molecule has 0 radical (unpaired) electrons. The molecule has 0 saturated carbocycles. The number of carbonyl (C=O) groups is 1. The molecule has 0 fully saturated rings. The highest BCUT2D eigenvalue weighted by molar-refractivity contribution is 5.55. The van der Waals surface area contributed by atoms with Crippen molar-refractivity contribution in [1.82, 2.24) is 0 Å². The van der Waals surface area contributed by atoms with E-state index in [1.807, 2.05) is 0 Å². The molecule has 70 valence electrons. The third kappa shape index (κ3) is 3.13. The molecule has 13 heavy (non-hydrogen) atoms. The lowest BCUT2D eigenvalue weighted by atomic mass is 10.3. The minimum atomic E-state index is -1.07. The third-order valence-electron chi connectivity index (χ3n) is 1.46. The number of hydrogen-bond donors (Lipinski definition) is 2. The molecule has 4 heteroatoms. The molecule has 1 aromatic carbocycles. The molecule has 1 aromatic rings. The van der Waals surface area contributed by atoms with Gasteiger partial charge in [-0.25, -0.2) is 0 Å². The van der Waals surface area contributed by atoms with Crippen LogP contribution in [0.2, 0.25) is 0 Å². The summed E-state index contributed by atoms with van der Waals surface area (Å²) in [5.41, 5.74) is 6.09. The average molecular weight is 181 g/mol. The van der Waals surface area contributed by atoms with E-state index in [4.69, 9.17) is 15.6 Å². The number of aldehydes is 1. The van der Waals surface area contributed by atoms with Gasteiger partial charge in [-0.2, -0.15) is 0 Å². The summed E-state index contributed by atoms with van der Waals surface area (Å²) in [4.78, 5) is 10.0. The Morgan fingerprint density at radius 1 is 1.46 bits per heavy atom. The van der Waals surface area contributed by atoms with Crippen molar-refractivity contribution < 1.29 is 14.6 Å². The van der Waals surface area contributed by atoms with Crippen LogP contribution in [0.5, 0.6) is 5.75 Å². The minimum absolute atomic E-state index is 0.0343. The van der Waals surface area contributed by atoms with Crippen molar-refractivity contribution in [1.29, 1.82) is 0 Å². The molecule has 0 aromatic heterocycles. The van der Waals surface area contributed by atoms with E-state index in [1.165, 1.54) is 0 Å². The number of anilines is 1. The van der Waals surface area contributed by atoms with Gasteiger partial charge in [0.2, 0.25) is 0 Å². The molecule has 0 saturated heterocycles. The third-order valence-corrected chi connectivity index (χ3v) is 1.46. The van der Waals surface area contributed by atoms with Gasteiger partial charge in [0, 0.05) is 5.69 Å². The zero-order valence-electron chi connectivity index (χ0n) is 7.01. The Kier molecular flexibility index (Phi) is 3.28. The second kappa shape index (κ2) is 4.47. The number of rotatable bonds is 4. The van der Waals surface area contributed by atoms with Crippen LogP contribution in [-0.4, -0.2) is 24.1 Å². The van der Waals surface area contributed by atoms with Gasteiger partial charge in [0.1, 0.15) is 18.5 Å². The largest absolute Gasteiger partial charge is 0.490 e. The van der Waals surface area contributed by atoms with Crippen LogP contribution in [0.4, 0.5) is 5.69 Å². The number of nitrogens with two attached hydrogens (primary N) is 1. The van der Waals surface area contributed by atoms with Crippen molar-refractivity contribution in [2.24, 2.45) is 0 Å². The van der Waals surface area contributed by atoms with E-state index < -0.39 is 6.10 Å². The van der Waals surface area contributed by atoms with Crippen LogP contribution in [-0.2, 0) is 4.79 Å². The maximum Gasteiger partial charge on any atom is 0.151 e. The Balaban J connectivity index is 2.45. The number of benzene rings is 1. The molecule has 0 heterocycles. The average Bonchev–Trinajstić information content (AvgIpc) is 2.16. The van der Waals surface area contributed by atoms with E-state index in [0.29, 0.717) is 17.7 Å². The number of aliphatic hydroxyl groups excluding tert-OH is 1. The van der Waals surface area contributed by atoms with Crippen molar-refractivity contribution >= 4 is 12.0 Å². The fourth-order valence-corrected chi connectivity index (χ4v) is 0.785. The molecule has 0 amide bonds. The Hall–Kier alpha value is -1.55. The summed E-state index contributed by atoms with van der Waals surface area (Å²) < 4.78 is 5.08. The first kappa shape index (κ1) is 9.54. The number of ether oxygens (including phenoxy) is 1. The van der Waals surface area contributed by atoms with Gasteiger partial charge in [-0.15, -0.1) is 0 Å². The van der Waals surface area contributed by atoms with Crippen LogP contribution in [0.15, 0.2) is 24.3 Å². The molecule has 0 aliphatic rings. The molecule has 0 aliphatic heterocycles.